The van der Waals surface area contributed by atoms with Gasteiger partial charge in [-0.2, -0.15) is 5.10 Å². The van der Waals surface area contributed by atoms with Crippen molar-refractivity contribution in [3.05, 3.63) is 54.4 Å². The molecular weight excluding hydrogens is 311 g/mol. The van der Waals surface area contributed by atoms with Crippen molar-refractivity contribution in [3.63, 3.8) is 0 Å². The van der Waals surface area contributed by atoms with Crippen LogP contribution < -0.4 is 11.1 Å². The fourth-order valence-electron chi connectivity index (χ4n) is 2.14. The summed E-state index contributed by atoms with van der Waals surface area (Å²) in [5, 5.41) is 6.81. The smallest absolute Gasteiger partial charge is 0.275 e. The molecule has 1 amide bonds. The Balaban J connectivity index is 1.84. The van der Waals surface area contributed by atoms with E-state index in [-0.39, 0.29) is 11.4 Å². The molecule has 0 fully saturated rings. The van der Waals surface area contributed by atoms with Crippen LogP contribution in [0, 0.1) is 0 Å². The van der Waals surface area contributed by atoms with Crippen LogP contribution in [0.3, 0.4) is 0 Å². The molecule has 122 valence electrons. The Morgan fingerprint density at radius 2 is 2.08 bits per heavy atom. The predicted molar refractivity (Wildman–Crippen MR) is 87.9 cm³/mol. The number of hydrogen-bond acceptors (Lipinski definition) is 5. The zero-order chi connectivity index (χ0) is 17.1. The molecule has 0 saturated heterocycles. The van der Waals surface area contributed by atoms with Crippen molar-refractivity contribution in [3.8, 4) is 11.1 Å². The molecule has 0 saturated carbocycles. The van der Waals surface area contributed by atoms with Gasteiger partial charge in [-0.25, -0.2) is 9.37 Å². The number of alkyl halides is 1. The van der Waals surface area contributed by atoms with E-state index in [1.54, 1.807) is 23.0 Å². The number of nitrogen functional groups attached to an aromatic ring is 1. The summed E-state index contributed by atoms with van der Waals surface area (Å²) in [6.07, 6.45) is 6.03. The van der Waals surface area contributed by atoms with Crippen LogP contribution in [-0.4, -0.2) is 25.7 Å². The number of carbonyl (C=O) groups excluding carboxylic acids is 1. The van der Waals surface area contributed by atoms with E-state index >= 15 is 0 Å². The van der Waals surface area contributed by atoms with Crippen LogP contribution in [0.5, 0.6) is 0 Å². The van der Waals surface area contributed by atoms with Gasteiger partial charge in [-0.05, 0) is 17.7 Å². The molecule has 2 heterocycles. The lowest BCUT2D eigenvalue weighted by Gasteiger charge is -2.09. The monoisotopic (exact) mass is 326 g/mol. The summed E-state index contributed by atoms with van der Waals surface area (Å²) < 4.78 is 14.1. The number of aromatic nitrogens is 4. The third kappa shape index (κ3) is 3.22. The number of carbonyl (C=O) groups is 1. The Hall–Kier alpha value is -3.29. The summed E-state index contributed by atoms with van der Waals surface area (Å²) in [6, 6.07) is 5.31. The quantitative estimate of drug-likeness (QED) is 0.716. The molecule has 3 aromatic rings. The lowest BCUT2D eigenvalue weighted by atomic mass is 10.1. The van der Waals surface area contributed by atoms with E-state index in [0.29, 0.717) is 11.4 Å². The van der Waals surface area contributed by atoms with Gasteiger partial charge < -0.3 is 11.1 Å². The third-order valence-corrected chi connectivity index (χ3v) is 3.41. The summed E-state index contributed by atoms with van der Waals surface area (Å²) in [4.78, 5) is 19.9. The molecule has 1 aromatic carbocycles. The van der Waals surface area contributed by atoms with Crippen molar-refractivity contribution in [2.24, 2.45) is 7.05 Å². The van der Waals surface area contributed by atoms with Gasteiger partial charge in [0.2, 0.25) is 0 Å². The van der Waals surface area contributed by atoms with Crippen molar-refractivity contribution < 1.29 is 9.18 Å². The van der Waals surface area contributed by atoms with Gasteiger partial charge in [-0.3, -0.25) is 14.5 Å². The maximum Gasteiger partial charge on any atom is 0.275 e. The van der Waals surface area contributed by atoms with Gasteiger partial charge in [0.25, 0.3) is 5.91 Å². The van der Waals surface area contributed by atoms with Gasteiger partial charge in [-0.1, -0.05) is 6.07 Å². The highest BCUT2D eigenvalue weighted by Gasteiger charge is 2.12. The molecular formula is C16H15FN6O. The first-order chi connectivity index (χ1) is 11.6. The second-order valence-corrected chi connectivity index (χ2v) is 5.19. The van der Waals surface area contributed by atoms with Crippen LogP contribution in [0.25, 0.3) is 11.1 Å². The number of amides is 1. The maximum atomic E-state index is 12.4. The average molecular weight is 326 g/mol. The minimum atomic E-state index is -0.727. The second-order valence-electron chi connectivity index (χ2n) is 5.19. The number of nitrogens with two attached hydrogens (primary N) is 1. The molecule has 0 spiro atoms. The van der Waals surface area contributed by atoms with Crippen LogP contribution in [0.4, 0.5) is 15.8 Å². The molecule has 0 aliphatic carbocycles. The minimum Gasteiger partial charge on any atom is -0.397 e. The van der Waals surface area contributed by atoms with Gasteiger partial charge in [0.05, 0.1) is 35.7 Å². The number of anilines is 2. The van der Waals surface area contributed by atoms with Crippen LogP contribution >= 0.6 is 0 Å². The van der Waals surface area contributed by atoms with E-state index in [4.69, 9.17) is 5.73 Å². The normalized spacial score (nSPS) is 10.6. The van der Waals surface area contributed by atoms with E-state index in [1.807, 2.05) is 19.3 Å². The molecule has 0 unspecified atom stereocenters. The Morgan fingerprint density at radius 3 is 2.71 bits per heavy atom. The lowest BCUT2D eigenvalue weighted by Crippen LogP contribution is -2.15. The first-order valence-corrected chi connectivity index (χ1v) is 7.13. The number of benzene rings is 1. The van der Waals surface area contributed by atoms with Crippen molar-refractivity contribution in [2.45, 2.75) is 6.67 Å². The maximum absolute atomic E-state index is 12.4. The van der Waals surface area contributed by atoms with E-state index in [9.17, 15) is 9.18 Å². The predicted octanol–water partition coefficient (Wildman–Crippen LogP) is 2.18. The Bertz CT molecular complexity index is 875. The summed E-state index contributed by atoms with van der Waals surface area (Å²) in [7, 11) is 1.82. The molecule has 0 aliphatic rings. The molecule has 0 atom stereocenters. The number of halogens is 1. The van der Waals surface area contributed by atoms with Gasteiger partial charge in [0, 0.05) is 18.8 Å². The average Bonchev–Trinajstić information content (AvgIpc) is 3.03. The van der Waals surface area contributed by atoms with E-state index in [2.05, 4.69) is 20.4 Å². The number of nitrogens with zero attached hydrogens (tertiary/aromatic N) is 4. The Morgan fingerprint density at radius 1 is 1.25 bits per heavy atom. The fourth-order valence-corrected chi connectivity index (χ4v) is 2.14. The zero-order valence-corrected chi connectivity index (χ0v) is 12.9. The highest BCUT2D eigenvalue weighted by Crippen LogP contribution is 2.27. The van der Waals surface area contributed by atoms with Gasteiger partial charge in [0.1, 0.15) is 12.4 Å². The molecule has 24 heavy (non-hydrogen) atoms. The molecule has 3 rings (SSSR count). The van der Waals surface area contributed by atoms with Gasteiger partial charge in [0.15, 0.2) is 0 Å². The Kier molecular flexibility index (Phi) is 4.19. The number of aryl methyl sites for hydroxylation is 1. The molecule has 8 heteroatoms. The van der Waals surface area contributed by atoms with E-state index < -0.39 is 12.6 Å². The summed E-state index contributed by atoms with van der Waals surface area (Å²) in [5.74, 6) is -0.469. The number of rotatable bonds is 4. The molecule has 2 aromatic heterocycles. The lowest BCUT2D eigenvalue weighted by molar-refractivity contribution is 0.102. The topological polar surface area (TPSA) is 98.7 Å². The summed E-state index contributed by atoms with van der Waals surface area (Å²) in [6.45, 7) is -0.727. The van der Waals surface area contributed by atoms with Crippen LogP contribution in [0.1, 0.15) is 16.2 Å². The summed E-state index contributed by atoms with van der Waals surface area (Å²) in [5.41, 5.74) is 8.82. The summed E-state index contributed by atoms with van der Waals surface area (Å²) >= 11 is 0. The van der Waals surface area contributed by atoms with E-state index in [1.165, 1.54) is 12.4 Å². The minimum absolute atomic E-state index is 0.0818. The van der Waals surface area contributed by atoms with Crippen LogP contribution in [0.2, 0.25) is 0 Å². The zero-order valence-electron chi connectivity index (χ0n) is 12.9. The van der Waals surface area contributed by atoms with Crippen molar-refractivity contribution in [1.29, 1.82) is 0 Å². The number of hydrogen-bond donors (Lipinski definition) is 2. The highest BCUT2D eigenvalue weighted by molar-refractivity contribution is 6.04. The standard InChI is InChI=1S/C16H15FN6O/c1-23-9-11(6-21-23)10-2-3-13(18)14(4-10)22-16(24)15-8-19-12(5-17)7-20-15/h2-4,6-9H,5,18H2,1H3,(H,22,24). The Labute approximate surface area is 137 Å². The molecule has 0 bridgehead atoms. The largest absolute Gasteiger partial charge is 0.397 e. The highest BCUT2D eigenvalue weighted by atomic mass is 19.1. The van der Waals surface area contributed by atoms with Crippen molar-refractivity contribution in [2.75, 3.05) is 11.1 Å². The molecule has 3 N–H and O–H groups in total. The second kappa shape index (κ2) is 6.45. The van der Waals surface area contributed by atoms with Crippen LogP contribution in [-0.2, 0) is 13.7 Å². The first-order valence-electron chi connectivity index (χ1n) is 7.13. The van der Waals surface area contributed by atoms with Crippen molar-refractivity contribution in [1.82, 2.24) is 19.7 Å². The molecule has 7 nitrogen and oxygen atoms in total. The van der Waals surface area contributed by atoms with Gasteiger partial charge in [-0.15, -0.1) is 0 Å². The fraction of sp³-hybridized carbons (Fsp3) is 0.125. The van der Waals surface area contributed by atoms with Gasteiger partial charge >= 0.3 is 0 Å². The third-order valence-electron chi connectivity index (χ3n) is 3.41. The molecule has 0 aliphatic heterocycles. The van der Waals surface area contributed by atoms with Crippen molar-refractivity contribution >= 4 is 17.3 Å². The SMILES string of the molecule is Cn1cc(-c2ccc(N)c(NC(=O)c3cnc(CF)cn3)c2)cn1. The number of nitrogens with one attached hydrogen (secondary N) is 1. The van der Waals surface area contributed by atoms with Crippen LogP contribution in [0.15, 0.2) is 43.0 Å². The van der Waals surface area contributed by atoms with E-state index in [0.717, 1.165) is 11.1 Å². The first kappa shape index (κ1) is 15.6. The molecule has 0 radical (unpaired) electrons.